The summed E-state index contributed by atoms with van der Waals surface area (Å²) in [5.74, 6) is -0.843. The van der Waals surface area contributed by atoms with Gasteiger partial charge >= 0.3 is 0 Å². The monoisotopic (exact) mass is 464 g/mol. The van der Waals surface area contributed by atoms with E-state index in [0.29, 0.717) is 34.3 Å². The number of rotatable bonds is 7. The number of nitrogens with zero attached hydrogens (tertiary/aromatic N) is 1. The molecule has 0 aromatic heterocycles. The summed E-state index contributed by atoms with van der Waals surface area (Å²) in [5, 5.41) is 3.53. The molecule has 33 heavy (non-hydrogen) atoms. The van der Waals surface area contributed by atoms with Gasteiger partial charge in [0.2, 0.25) is 0 Å². The first-order valence-electron chi connectivity index (χ1n) is 10.5. The third kappa shape index (κ3) is 4.61. The van der Waals surface area contributed by atoms with E-state index in [4.69, 9.17) is 16.3 Å². The Balaban J connectivity index is 1.77. The molecule has 0 unspecified atom stereocenters. The van der Waals surface area contributed by atoms with Gasteiger partial charge in [-0.2, -0.15) is 0 Å². The van der Waals surface area contributed by atoms with Crippen LogP contribution in [0.2, 0.25) is 5.02 Å². The minimum Gasteiger partial charge on any atom is -0.494 e. The Morgan fingerprint density at radius 3 is 2.45 bits per heavy atom. The molecule has 2 amide bonds. The molecule has 7 heteroatoms. The number of nitrogens with one attached hydrogen (secondary N) is 1. The second-order valence-electron chi connectivity index (χ2n) is 7.64. The van der Waals surface area contributed by atoms with Crippen molar-refractivity contribution < 1.29 is 18.7 Å². The maximum Gasteiger partial charge on any atom is 0.282 e. The van der Waals surface area contributed by atoms with E-state index in [9.17, 15) is 14.0 Å². The minimum atomic E-state index is -0.529. The Labute approximate surface area is 196 Å². The van der Waals surface area contributed by atoms with Crippen LogP contribution in [-0.4, -0.2) is 18.4 Å². The van der Waals surface area contributed by atoms with Gasteiger partial charge in [-0.15, -0.1) is 0 Å². The van der Waals surface area contributed by atoms with Crippen molar-refractivity contribution in [2.24, 2.45) is 0 Å². The lowest BCUT2D eigenvalue weighted by molar-refractivity contribution is -0.120. The fourth-order valence-corrected chi connectivity index (χ4v) is 3.69. The maximum absolute atomic E-state index is 13.5. The van der Waals surface area contributed by atoms with Crippen LogP contribution < -0.4 is 15.0 Å². The van der Waals surface area contributed by atoms with Crippen LogP contribution in [0.25, 0.3) is 5.57 Å². The molecule has 1 aliphatic rings. The van der Waals surface area contributed by atoms with Gasteiger partial charge in [0, 0.05) is 16.8 Å². The van der Waals surface area contributed by atoms with Crippen LogP contribution in [0.3, 0.4) is 0 Å². The van der Waals surface area contributed by atoms with Crippen molar-refractivity contribution >= 4 is 40.4 Å². The molecule has 0 bridgehead atoms. The number of carbonyl (C=O) groups is 2. The van der Waals surface area contributed by atoms with Gasteiger partial charge in [0.25, 0.3) is 11.8 Å². The first kappa shape index (κ1) is 22.6. The Bertz CT molecular complexity index is 1250. The van der Waals surface area contributed by atoms with E-state index < -0.39 is 17.6 Å². The molecule has 0 spiro atoms. The van der Waals surface area contributed by atoms with Gasteiger partial charge in [0.15, 0.2) is 0 Å². The molecule has 5 nitrogen and oxygen atoms in total. The fourth-order valence-electron chi connectivity index (χ4n) is 3.51. The van der Waals surface area contributed by atoms with Gasteiger partial charge in [-0.1, -0.05) is 42.8 Å². The number of benzene rings is 3. The Morgan fingerprint density at radius 1 is 1.00 bits per heavy atom. The lowest BCUT2D eigenvalue weighted by Crippen LogP contribution is -2.32. The topological polar surface area (TPSA) is 58.6 Å². The highest BCUT2D eigenvalue weighted by atomic mass is 35.5. The van der Waals surface area contributed by atoms with Gasteiger partial charge in [-0.3, -0.25) is 9.59 Å². The Morgan fingerprint density at radius 2 is 1.76 bits per heavy atom. The molecule has 4 rings (SSSR count). The van der Waals surface area contributed by atoms with Gasteiger partial charge in [0.05, 0.1) is 17.9 Å². The summed E-state index contributed by atoms with van der Waals surface area (Å²) >= 11 is 6.25. The first-order valence-corrected chi connectivity index (χ1v) is 10.9. The Hall–Kier alpha value is -3.64. The number of hydrogen-bond donors (Lipinski definition) is 1. The molecule has 1 aliphatic heterocycles. The van der Waals surface area contributed by atoms with E-state index in [1.807, 2.05) is 19.9 Å². The van der Waals surface area contributed by atoms with E-state index in [1.165, 1.54) is 24.3 Å². The molecule has 3 aromatic carbocycles. The number of carbonyl (C=O) groups excluding carboxylic acids is 2. The van der Waals surface area contributed by atoms with Crippen LogP contribution in [0.1, 0.15) is 24.5 Å². The average molecular weight is 465 g/mol. The zero-order valence-electron chi connectivity index (χ0n) is 18.2. The normalized spacial score (nSPS) is 13.6. The highest BCUT2D eigenvalue weighted by Crippen LogP contribution is 2.35. The maximum atomic E-state index is 13.5. The molecular formula is C26H22ClFN2O3. The molecule has 1 N–H and O–H groups in total. The van der Waals surface area contributed by atoms with Gasteiger partial charge < -0.3 is 10.1 Å². The molecular weight excluding hydrogens is 443 g/mol. The predicted molar refractivity (Wildman–Crippen MR) is 128 cm³/mol. The molecule has 0 fully saturated rings. The molecule has 0 saturated carbocycles. The number of aryl methyl sites for hydroxylation is 1. The summed E-state index contributed by atoms with van der Waals surface area (Å²) in [6.45, 7) is 4.41. The second kappa shape index (κ2) is 9.46. The molecule has 0 atom stereocenters. The first-order chi connectivity index (χ1) is 15.9. The number of anilines is 2. The lowest BCUT2D eigenvalue weighted by Gasteiger charge is -2.16. The van der Waals surface area contributed by atoms with Gasteiger partial charge in [-0.05, 0) is 60.9 Å². The standard InChI is InChI=1S/C26H22ClFN2O3/c1-3-13-33-21-6-4-5-19(14-21)29-24-23(17-8-10-18(28)11-9-17)25(31)30(26(24)32)20-12-7-16(2)22(27)15-20/h4-12,14-15,29H,3,13H2,1-2H3. The summed E-state index contributed by atoms with van der Waals surface area (Å²) in [7, 11) is 0. The molecule has 0 aliphatic carbocycles. The largest absolute Gasteiger partial charge is 0.494 e. The van der Waals surface area contributed by atoms with E-state index in [0.717, 1.165) is 16.9 Å². The van der Waals surface area contributed by atoms with Crippen molar-refractivity contribution in [3.05, 3.63) is 94.4 Å². The number of ether oxygens (including phenoxy) is 1. The number of hydrogen-bond acceptors (Lipinski definition) is 4. The molecule has 0 radical (unpaired) electrons. The average Bonchev–Trinajstić information content (AvgIpc) is 3.04. The summed E-state index contributed by atoms with van der Waals surface area (Å²) in [6, 6.07) is 17.6. The molecule has 1 heterocycles. The zero-order valence-corrected chi connectivity index (χ0v) is 18.9. The van der Waals surface area contributed by atoms with Crippen molar-refractivity contribution in [3.63, 3.8) is 0 Å². The van der Waals surface area contributed by atoms with Crippen molar-refractivity contribution in [1.29, 1.82) is 0 Å². The minimum absolute atomic E-state index is 0.0935. The molecule has 168 valence electrons. The summed E-state index contributed by atoms with van der Waals surface area (Å²) in [5.41, 5.74) is 2.44. The predicted octanol–water partition coefficient (Wildman–Crippen LogP) is 5.97. The summed E-state index contributed by atoms with van der Waals surface area (Å²) in [4.78, 5) is 28.0. The van der Waals surface area contributed by atoms with Crippen molar-refractivity contribution in [2.75, 3.05) is 16.8 Å². The van der Waals surface area contributed by atoms with Crippen LogP contribution >= 0.6 is 11.6 Å². The Kier molecular flexibility index (Phi) is 6.47. The van der Waals surface area contributed by atoms with Crippen molar-refractivity contribution in [3.8, 4) is 5.75 Å². The van der Waals surface area contributed by atoms with Crippen molar-refractivity contribution in [2.45, 2.75) is 20.3 Å². The van der Waals surface area contributed by atoms with E-state index in [2.05, 4.69) is 5.32 Å². The highest BCUT2D eigenvalue weighted by molar-refractivity contribution is 6.46. The summed E-state index contributed by atoms with van der Waals surface area (Å²) < 4.78 is 19.2. The van der Waals surface area contributed by atoms with E-state index in [-0.39, 0.29) is 11.3 Å². The third-order valence-corrected chi connectivity index (χ3v) is 5.61. The van der Waals surface area contributed by atoms with Crippen LogP contribution in [-0.2, 0) is 9.59 Å². The zero-order chi connectivity index (χ0) is 23.5. The van der Waals surface area contributed by atoms with Crippen LogP contribution in [0.15, 0.2) is 72.4 Å². The third-order valence-electron chi connectivity index (χ3n) is 5.21. The smallest absolute Gasteiger partial charge is 0.282 e. The molecule has 3 aromatic rings. The SMILES string of the molecule is CCCOc1cccc(NC2=C(c3ccc(F)cc3)C(=O)N(c3ccc(C)c(Cl)c3)C2=O)c1. The lowest BCUT2D eigenvalue weighted by atomic mass is 10.0. The van der Waals surface area contributed by atoms with Crippen LogP contribution in [0, 0.1) is 12.7 Å². The van der Waals surface area contributed by atoms with Crippen LogP contribution in [0.4, 0.5) is 15.8 Å². The van der Waals surface area contributed by atoms with Gasteiger partial charge in [-0.25, -0.2) is 9.29 Å². The summed E-state index contributed by atoms with van der Waals surface area (Å²) in [6.07, 6.45) is 0.860. The number of halogens is 2. The van der Waals surface area contributed by atoms with E-state index >= 15 is 0 Å². The number of amides is 2. The van der Waals surface area contributed by atoms with E-state index in [1.54, 1.807) is 36.4 Å². The highest BCUT2D eigenvalue weighted by Gasteiger charge is 2.40. The van der Waals surface area contributed by atoms with Gasteiger partial charge in [0.1, 0.15) is 17.3 Å². The van der Waals surface area contributed by atoms with Crippen LogP contribution in [0.5, 0.6) is 5.75 Å². The quantitative estimate of drug-likeness (QED) is 0.437. The fraction of sp³-hybridized carbons (Fsp3) is 0.154. The van der Waals surface area contributed by atoms with Crippen molar-refractivity contribution in [1.82, 2.24) is 0 Å². The second-order valence-corrected chi connectivity index (χ2v) is 8.04. The number of imide groups is 1. The molecule has 0 saturated heterocycles.